The molecule has 5 nitrogen and oxygen atoms in total. The van der Waals surface area contributed by atoms with Crippen LogP contribution in [0.15, 0.2) is 18.2 Å². The lowest BCUT2D eigenvalue weighted by Crippen LogP contribution is -2.33. The van der Waals surface area contributed by atoms with E-state index in [0.717, 1.165) is 0 Å². The minimum absolute atomic E-state index is 0.0000231. The number of benzene rings is 1. The predicted octanol–water partition coefficient (Wildman–Crippen LogP) is 3.41. The lowest BCUT2D eigenvalue weighted by molar-refractivity contribution is -0.384. The molecule has 0 aromatic heterocycles. The molecule has 0 saturated carbocycles. The summed E-state index contributed by atoms with van der Waals surface area (Å²) in [5.41, 5.74) is 0.968. The second-order valence-corrected chi connectivity index (χ2v) is 4.55. The van der Waals surface area contributed by atoms with Crippen molar-refractivity contribution in [3.63, 3.8) is 0 Å². The molecule has 0 aliphatic carbocycles. The fourth-order valence-corrected chi connectivity index (χ4v) is 1.96. The highest BCUT2D eigenvalue weighted by Gasteiger charge is 2.30. The Balaban J connectivity index is 3.01. The molecular weight excluding hydrogens is 287 g/mol. The third-order valence-electron chi connectivity index (χ3n) is 2.91. The molecule has 0 saturated heterocycles. The second kappa shape index (κ2) is 7.26. The maximum Gasteiger partial charge on any atom is 0.401 e. The largest absolute Gasteiger partial charge is 0.401 e. The van der Waals surface area contributed by atoms with E-state index in [1.807, 2.05) is 6.92 Å². The van der Waals surface area contributed by atoms with Gasteiger partial charge < -0.3 is 5.32 Å². The number of nitro groups is 1. The molecule has 0 unspecified atom stereocenters. The van der Waals surface area contributed by atoms with E-state index in [1.165, 1.54) is 23.1 Å². The molecule has 1 N–H and O–H groups in total. The molecule has 0 atom stereocenters. The first kappa shape index (κ1) is 17.2. The topological polar surface area (TPSA) is 58.4 Å². The van der Waals surface area contributed by atoms with Crippen LogP contribution in [0.5, 0.6) is 0 Å². The van der Waals surface area contributed by atoms with Gasteiger partial charge in [0.1, 0.15) is 0 Å². The first-order valence-electron chi connectivity index (χ1n) is 6.57. The van der Waals surface area contributed by atoms with Crippen molar-refractivity contribution in [3.8, 4) is 0 Å². The molecule has 118 valence electrons. The molecule has 0 heterocycles. The van der Waals surface area contributed by atoms with Crippen molar-refractivity contribution in [3.05, 3.63) is 33.9 Å². The molecule has 0 fully saturated rings. The Labute approximate surface area is 120 Å². The second-order valence-electron chi connectivity index (χ2n) is 4.55. The average molecular weight is 305 g/mol. The van der Waals surface area contributed by atoms with Crippen LogP contribution in [-0.4, -0.2) is 35.6 Å². The molecular formula is C13H18F3N3O2. The van der Waals surface area contributed by atoms with Crippen molar-refractivity contribution in [2.24, 2.45) is 0 Å². The van der Waals surface area contributed by atoms with Gasteiger partial charge in [0, 0.05) is 30.9 Å². The number of non-ortho nitro benzene ring substituents is 1. The van der Waals surface area contributed by atoms with Gasteiger partial charge in [-0.1, -0.05) is 6.92 Å². The Morgan fingerprint density at radius 2 is 2.00 bits per heavy atom. The molecule has 0 bridgehead atoms. The number of nitrogens with zero attached hydrogens (tertiary/aromatic N) is 2. The SMILES string of the molecule is CCNc1ccc([N+](=O)[O-])cc1CN(CC)CC(F)(F)F. The Morgan fingerprint density at radius 3 is 2.48 bits per heavy atom. The third-order valence-corrected chi connectivity index (χ3v) is 2.91. The van der Waals surface area contributed by atoms with Gasteiger partial charge in [0.2, 0.25) is 0 Å². The van der Waals surface area contributed by atoms with Crippen molar-refractivity contribution < 1.29 is 18.1 Å². The standard InChI is InChI=1S/C13H18F3N3O2/c1-3-17-12-6-5-11(19(20)21)7-10(12)8-18(4-2)9-13(14,15)16/h5-7,17H,3-4,8-9H2,1-2H3. The maximum atomic E-state index is 12.5. The lowest BCUT2D eigenvalue weighted by atomic mass is 10.1. The Bertz CT molecular complexity index is 492. The summed E-state index contributed by atoms with van der Waals surface area (Å²) in [6.07, 6.45) is -4.30. The van der Waals surface area contributed by atoms with Gasteiger partial charge in [0.15, 0.2) is 0 Å². The van der Waals surface area contributed by atoms with Crippen LogP contribution in [0.25, 0.3) is 0 Å². The van der Waals surface area contributed by atoms with Crippen LogP contribution in [-0.2, 0) is 6.54 Å². The van der Waals surface area contributed by atoms with E-state index < -0.39 is 17.6 Å². The molecule has 1 aromatic carbocycles. The van der Waals surface area contributed by atoms with Crippen LogP contribution in [0.4, 0.5) is 24.5 Å². The van der Waals surface area contributed by atoms with Crippen molar-refractivity contribution in [1.82, 2.24) is 4.90 Å². The lowest BCUT2D eigenvalue weighted by Gasteiger charge is -2.23. The number of nitro benzene ring substituents is 1. The molecule has 0 aliphatic rings. The smallest absolute Gasteiger partial charge is 0.385 e. The normalized spacial score (nSPS) is 11.7. The summed E-state index contributed by atoms with van der Waals surface area (Å²) < 4.78 is 37.5. The maximum absolute atomic E-state index is 12.5. The molecule has 0 aliphatic heterocycles. The first-order valence-corrected chi connectivity index (χ1v) is 6.57. The van der Waals surface area contributed by atoms with Crippen molar-refractivity contribution in [2.75, 3.05) is 25.0 Å². The fraction of sp³-hybridized carbons (Fsp3) is 0.538. The van der Waals surface area contributed by atoms with Crippen molar-refractivity contribution in [1.29, 1.82) is 0 Å². The van der Waals surface area contributed by atoms with Crippen molar-refractivity contribution >= 4 is 11.4 Å². The molecule has 1 rings (SSSR count). The van der Waals surface area contributed by atoms with Gasteiger partial charge in [-0.2, -0.15) is 13.2 Å². The van der Waals surface area contributed by atoms with E-state index in [0.29, 0.717) is 17.8 Å². The molecule has 21 heavy (non-hydrogen) atoms. The minimum Gasteiger partial charge on any atom is -0.385 e. The van der Waals surface area contributed by atoms with Crippen LogP contribution in [0, 0.1) is 10.1 Å². The van der Waals surface area contributed by atoms with Crippen LogP contribution >= 0.6 is 0 Å². The zero-order valence-corrected chi connectivity index (χ0v) is 11.9. The van der Waals surface area contributed by atoms with Crippen LogP contribution in [0.2, 0.25) is 0 Å². The highest BCUT2D eigenvalue weighted by Crippen LogP contribution is 2.25. The average Bonchev–Trinajstić information content (AvgIpc) is 2.38. The summed E-state index contributed by atoms with van der Waals surface area (Å²) in [7, 11) is 0. The van der Waals surface area contributed by atoms with Gasteiger partial charge in [-0.15, -0.1) is 0 Å². The first-order chi connectivity index (χ1) is 9.76. The summed E-state index contributed by atoms with van der Waals surface area (Å²) in [5, 5.41) is 13.8. The van der Waals surface area contributed by atoms with Gasteiger partial charge in [0.25, 0.3) is 5.69 Å². The summed E-state index contributed by atoms with van der Waals surface area (Å²) in [6.45, 7) is 3.20. The van der Waals surface area contributed by atoms with E-state index in [2.05, 4.69) is 5.32 Å². The molecule has 0 radical (unpaired) electrons. The summed E-state index contributed by atoms with van der Waals surface area (Å²) in [4.78, 5) is 11.4. The van der Waals surface area contributed by atoms with Gasteiger partial charge >= 0.3 is 6.18 Å². The summed E-state index contributed by atoms with van der Waals surface area (Å²) in [5.74, 6) is 0. The number of alkyl halides is 3. The quantitative estimate of drug-likeness (QED) is 0.619. The highest BCUT2D eigenvalue weighted by atomic mass is 19.4. The number of hydrogen-bond acceptors (Lipinski definition) is 4. The van der Waals surface area contributed by atoms with Crippen molar-refractivity contribution in [2.45, 2.75) is 26.6 Å². The van der Waals surface area contributed by atoms with E-state index in [-0.39, 0.29) is 18.8 Å². The van der Waals surface area contributed by atoms with Crippen LogP contribution in [0.3, 0.4) is 0 Å². The zero-order valence-electron chi connectivity index (χ0n) is 11.9. The highest BCUT2D eigenvalue weighted by molar-refractivity contribution is 5.56. The number of nitrogens with one attached hydrogen (secondary N) is 1. The van der Waals surface area contributed by atoms with E-state index in [9.17, 15) is 23.3 Å². The van der Waals surface area contributed by atoms with Gasteiger partial charge in [-0.25, -0.2) is 0 Å². The van der Waals surface area contributed by atoms with Gasteiger partial charge in [-0.05, 0) is 25.1 Å². The van der Waals surface area contributed by atoms with E-state index in [1.54, 1.807) is 6.92 Å². The molecule has 8 heteroatoms. The molecule has 1 aromatic rings. The fourth-order valence-electron chi connectivity index (χ4n) is 1.96. The number of hydrogen-bond donors (Lipinski definition) is 1. The number of halogens is 3. The Morgan fingerprint density at radius 1 is 1.33 bits per heavy atom. The third kappa shape index (κ3) is 5.58. The van der Waals surface area contributed by atoms with Gasteiger partial charge in [0.05, 0.1) is 11.5 Å². The zero-order chi connectivity index (χ0) is 16.0. The van der Waals surface area contributed by atoms with Crippen LogP contribution < -0.4 is 5.32 Å². The Kier molecular flexibility index (Phi) is 5.95. The van der Waals surface area contributed by atoms with E-state index in [4.69, 9.17) is 0 Å². The summed E-state index contributed by atoms with van der Waals surface area (Å²) in [6, 6.07) is 4.18. The number of anilines is 1. The summed E-state index contributed by atoms with van der Waals surface area (Å²) >= 11 is 0. The molecule has 0 spiro atoms. The number of rotatable bonds is 7. The Hall–Kier alpha value is -1.83. The minimum atomic E-state index is -4.30. The van der Waals surface area contributed by atoms with Gasteiger partial charge in [-0.3, -0.25) is 15.0 Å². The van der Waals surface area contributed by atoms with E-state index >= 15 is 0 Å². The molecule has 0 amide bonds. The monoisotopic (exact) mass is 305 g/mol. The predicted molar refractivity (Wildman–Crippen MR) is 74.3 cm³/mol. The van der Waals surface area contributed by atoms with Crippen LogP contribution in [0.1, 0.15) is 19.4 Å².